The SMILES string of the molecule is CC(C)CC(NC(=O)C(Cc1cnc[nH]1)NC(=O)C(Cc1c[nH]c2ccccc12)NC(=O)C(N)C(C)C)C(=O)O. The van der Waals surface area contributed by atoms with E-state index in [0.717, 1.165) is 16.5 Å². The number of fused-ring (bicyclic) bond motifs is 1. The quantitative estimate of drug-likeness (QED) is 0.156. The van der Waals surface area contributed by atoms with Crippen LogP contribution in [0.1, 0.15) is 45.4 Å². The van der Waals surface area contributed by atoms with Crippen LogP contribution in [0.2, 0.25) is 0 Å². The van der Waals surface area contributed by atoms with Gasteiger partial charge in [0.2, 0.25) is 17.7 Å². The van der Waals surface area contributed by atoms with Gasteiger partial charge in [-0.25, -0.2) is 9.78 Å². The Morgan fingerprint density at radius 2 is 1.52 bits per heavy atom. The van der Waals surface area contributed by atoms with Crippen molar-refractivity contribution in [2.24, 2.45) is 17.6 Å². The van der Waals surface area contributed by atoms with E-state index in [-0.39, 0.29) is 31.1 Å². The molecular weight excluding hydrogens is 514 g/mol. The number of hydrogen-bond acceptors (Lipinski definition) is 6. The van der Waals surface area contributed by atoms with Gasteiger partial charge in [0.1, 0.15) is 18.1 Å². The van der Waals surface area contributed by atoms with Crippen molar-refractivity contribution in [1.82, 2.24) is 30.9 Å². The van der Waals surface area contributed by atoms with E-state index in [1.54, 1.807) is 20.0 Å². The summed E-state index contributed by atoms with van der Waals surface area (Å²) in [5, 5.41) is 18.6. The normalized spacial score (nSPS) is 14.5. The second-order valence-electron chi connectivity index (χ2n) is 10.8. The molecule has 216 valence electrons. The van der Waals surface area contributed by atoms with E-state index in [9.17, 15) is 24.3 Å². The third-order valence-electron chi connectivity index (χ3n) is 6.69. The van der Waals surface area contributed by atoms with Gasteiger partial charge in [-0.15, -0.1) is 0 Å². The molecule has 3 amide bonds. The Labute approximate surface area is 232 Å². The number of rotatable bonds is 14. The van der Waals surface area contributed by atoms with Gasteiger partial charge in [0, 0.05) is 41.8 Å². The van der Waals surface area contributed by atoms with Crippen LogP contribution in [0.5, 0.6) is 0 Å². The smallest absolute Gasteiger partial charge is 0.326 e. The maximum atomic E-state index is 13.7. The topological polar surface area (TPSA) is 195 Å². The number of carboxylic acids is 1. The molecule has 0 aliphatic rings. The maximum Gasteiger partial charge on any atom is 0.326 e. The van der Waals surface area contributed by atoms with Gasteiger partial charge in [-0.2, -0.15) is 0 Å². The maximum absolute atomic E-state index is 13.7. The molecule has 40 heavy (non-hydrogen) atoms. The molecule has 4 unspecified atom stereocenters. The second-order valence-corrected chi connectivity index (χ2v) is 10.8. The molecule has 0 saturated heterocycles. The monoisotopic (exact) mass is 553 g/mol. The molecule has 0 aliphatic carbocycles. The summed E-state index contributed by atoms with van der Waals surface area (Å²) < 4.78 is 0. The van der Waals surface area contributed by atoms with Crippen molar-refractivity contribution < 1.29 is 24.3 Å². The van der Waals surface area contributed by atoms with Gasteiger partial charge >= 0.3 is 5.97 Å². The minimum Gasteiger partial charge on any atom is -0.480 e. The number of benzene rings is 1. The van der Waals surface area contributed by atoms with Gasteiger partial charge in [0.05, 0.1) is 12.4 Å². The lowest BCUT2D eigenvalue weighted by molar-refractivity contribution is -0.142. The summed E-state index contributed by atoms with van der Waals surface area (Å²) in [4.78, 5) is 61.7. The molecule has 8 N–H and O–H groups in total. The molecule has 12 nitrogen and oxygen atoms in total. The highest BCUT2D eigenvalue weighted by molar-refractivity contribution is 5.95. The van der Waals surface area contributed by atoms with Crippen LogP contribution in [-0.4, -0.2) is 67.9 Å². The Hall–Kier alpha value is -4.19. The number of nitrogens with two attached hydrogens (primary N) is 1. The molecule has 0 spiro atoms. The van der Waals surface area contributed by atoms with E-state index in [1.165, 1.54) is 12.5 Å². The second kappa shape index (κ2) is 13.7. The first-order valence-electron chi connectivity index (χ1n) is 13.4. The van der Waals surface area contributed by atoms with Crippen molar-refractivity contribution in [3.63, 3.8) is 0 Å². The van der Waals surface area contributed by atoms with Crippen molar-refractivity contribution >= 4 is 34.6 Å². The zero-order chi connectivity index (χ0) is 29.4. The third kappa shape index (κ3) is 8.15. The van der Waals surface area contributed by atoms with Gasteiger partial charge in [-0.05, 0) is 29.9 Å². The highest BCUT2D eigenvalue weighted by Crippen LogP contribution is 2.19. The summed E-state index contributed by atoms with van der Waals surface area (Å²) >= 11 is 0. The number of aromatic amines is 2. The average Bonchev–Trinajstić information content (AvgIpc) is 3.56. The number of H-pyrrole nitrogens is 2. The number of nitrogens with one attached hydrogen (secondary N) is 5. The Kier molecular flexibility index (Phi) is 10.4. The lowest BCUT2D eigenvalue weighted by Gasteiger charge is -2.26. The van der Waals surface area contributed by atoms with Crippen LogP contribution in [0.25, 0.3) is 10.9 Å². The van der Waals surface area contributed by atoms with E-state index < -0.39 is 47.9 Å². The standard InChI is InChI=1S/C28H39N7O5/c1-15(2)9-23(28(39)40)35-26(37)22(11-18-13-30-14-32-18)33-25(36)21(34-27(38)24(29)16(3)4)10-17-12-31-20-8-6-5-7-19(17)20/h5-8,12-16,21-24,31H,9-11,29H2,1-4H3,(H,30,32)(H,33,36)(H,34,38)(H,35,37)(H,39,40). The summed E-state index contributed by atoms with van der Waals surface area (Å²) in [5.41, 5.74) is 8.30. The summed E-state index contributed by atoms with van der Waals surface area (Å²) in [6.07, 6.45) is 5.12. The van der Waals surface area contributed by atoms with E-state index >= 15 is 0 Å². The Bertz CT molecular complexity index is 1300. The number of imidazole rings is 1. The van der Waals surface area contributed by atoms with Crippen LogP contribution >= 0.6 is 0 Å². The van der Waals surface area contributed by atoms with Crippen LogP contribution in [0, 0.1) is 11.8 Å². The fourth-order valence-corrected chi connectivity index (χ4v) is 4.36. The molecule has 4 atom stereocenters. The lowest BCUT2D eigenvalue weighted by Crippen LogP contribution is -2.58. The number of aromatic nitrogens is 3. The minimum atomic E-state index is -1.17. The summed E-state index contributed by atoms with van der Waals surface area (Å²) in [7, 11) is 0. The first kappa shape index (κ1) is 30.4. The van der Waals surface area contributed by atoms with Gasteiger partial charge in [-0.1, -0.05) is 45.9 Å². The van der Waals surface area contributed by atoms with Gasteiger partial charge < -0.3 is 36.8 Å². The number of carbonyl (C=O) groups is 4. The van der Waals surface area contributed by atoms with Gasteiger partial charge in [0.15, 0.2) is 0 Å². The molecule has 0 radical (unpaired) electrons. The van der Waals surface area contributed by atoms with Crippen LogP contribution in [0.3, 0.4) is 0 Å². The largest absolute Gasteiger partial charge is 0.480 e. The third-order valence-corrected chi connectivity index (χ3v) is 6.69. The average molecular weight is 554 g/mol. The highest BCUT2D eigenvalue weighted by Gasteiger charge is 2.32. The number of carbonyl (C=O) groups excluding carboxylic acids is 3. The van der Waals surface area contributed by atoms with E-state index in [2.05, 4.69) is 30.9 Å². The molecule has 2 heterocycles. The molecule has 3 rings (SSSR count). The predicted molar refractivity (Wildman–Crippen MR) is 150 cm³/mol. The van der Waals surface area contributed by atoms with Crippen LogP contribution in [0.15, 0.2) is 43.0 Å². The van der Waals surface area contributed by atoms with Gasteiger partial charge in [0.25, 0.3) is 0 Å². The molecule has 0 saturated carbocycles. The van der Waals surface area contributed by atoms with Gasteiger partial charge in [-0.3, -0.25) is 14.4 Å². The first-order chi connectivity index (χ1) is 19.0. The minimum absolute atomic E-state index is 0.0166. The van der Waals surface area contributed by atoms with E-state index in [4.69, 9.17) is 5.73 Å². The fourth-order valence-electron chi connectivity index (χ4n) is 4.36. The lowest BCUT2D eigenvalue weighted by atomic mass is 10.0. The van der Waals surface area contributed by atoms with Crippen LogP contribution in [0.4, 0.5) is 0 Å². The molecule has 0 aliphatic heterocycles. The summed E-state index contributed by atoms with van der Waals surface area (Å²) in [5.74, 6) is -3.07. The molecule has 1 aromatic carbocycles. The first-order valence-corrected chi connectivity index (χ1v) is 13.4. The summed E-state index contributed by atoms with van der Waals surface area (Å²) in [6, 6.07) is 3.42. The molecule has 3 aromatic rings. The Morgan fingerprint density at radius 3 is 2.12 bits per heavy atom. The van der Waals surface area contributed by atoms with E-state index in [1.807, 2.05) is 38.1 Å². The molecule has 12 heteroatoms. The number of nitrogens with zero attached hydrogens (tertiary/aromatic N) is 1. The highest BCUT2D eigenvalue weighted by atomic mass is 16.4. The van der Waals surface area contributed by atoms with Crippen molar-refractivity contribution in [2.45, 2.75) is 71.1 Å². The molecule has 0 bridgehead atoms. The molecule has 2 aromatic heterocycles. The number of para-hydroxylation sites is 1. The van der Waals surface area contributed by atoms with Crippen molar-refractivity contribution in [3.8, 4) is 0 Å². The zero-order valence-corrected chi connectivity index (χ0v) is 23.2. The zero-order valence-electron chi connectivity index (χ0n) is 23.2. The number of hydrogen-bond donors (Lipinski definition) is 7. The van der Waals surface area contributed by atoms with Crippen molar-refractivity contribution in [3.05, 3.63) is 54.2 Å². The fraction of sp³-hybridized carbons (Fsp3) is 0.464. The van der Waals surface area contributed by atoms with Crippen molar-refractivity contribution in [1.29, 1.82) is 0 Å². The van der Waals surface area contributed by atoms with Crippen LogP contribution in [-0.2, 0) is 32.0 Å². The Balaban J connectivity index is 1.87. The van der Waals surface area contributed by atoms with Crippen LogP contribution < -0.4 is 21.7 Å². The van der Waals surface area contributed by atoms with E-state index in [0.29, 0.717) is 5.69 Å². The number of carboxylic acid groups (broad SMARTS) is 1. The molecular formula is C28H39N7O5. The van der Waals surface area contributed by atoms with Crippen molar-refractivity contribution in [2.75, 3.05) is 0 Å². The Morgan fingerprint density at radius 1 is 0.900 bits per heavy atom. The molecule has 0 fully saturated rings. The number of amides is 3. The number of aliphatic carboxylic acids is 1. The predicted octanol–water partition coefficient (Wildman–Crippen LogP) is 1.24. The summed E-state index contributed by atoms with van der Waals surface area (Å²) in [6.45, 7) is 7.32.